The molecule has 0 spiro atoms. The molecule has 35 heavy (non-hydrogen) atoms. The molecular formula is C25H29ClN6O3. The topological polar surface area (TPSA) is 92.1 Å². The highest BCUT2D eigenvalue weighted by molar-refractivity contribution is 6.31. The van der Waals surface area contributed by atoms with Gasteiger partial charge in [0.25, 0.3) is 0 Å². The van der Waals surface area contributed by atoms with Crippen LogP contribution >= 0.6 is 11.6 Å². The maximum absolute atomic E-state index is 12.5. The zero-order valence-corrected chi connectivity index (χ0v) is 20.9. The minimum atomic E-state index is -0.201. The summed E-state index contributed by atoms with van der Waals surface area (Å²) in [5, 5.41) is 8.44. The number of imide groups is 1. The molecule has 10 heteroatoms. The molecule has 0 radical (unpaired) electrons. The number of likely N-dealkylation sites (N-methyl/N-ethyl adjacent to an activating group) is 1. The van der Waals surface area contributed by atoms with E-state index in [0.717, 1.165) is 53.0 Å². The molecule has 184 valence electrons. The smallest absolute Gasteiger partial charge is 0.243 e. The van der Waals surface area contributed by atoms with Gasteiger partial charge in [-0.05, 0) is 55.8 Å². The second-order valence-electron chi connectivity index (χ2n) is 9.51. The highest BCUT2D eigenvalue weighted by Gasteiger charge is 2.29. The average Bonchev–Trinajstić information content (AvgIpc) is 3.21. The average molecular weight is 497 g/mol. The van der Waals surface area contributed by atoms with Crippen LogP contribution in [0.3, 0.4) is 0 Å². The number of halogens is 1. The Balaban J connectivity index is 1.51. The number of hydrogen-bond acceptors (Lipinski definition) is 7. The molecule has 2 saturated heterocycles. The fourth-order valence-electron chi connectivity index (χ4n) is 4.94. The van der Waals surface area contributed by atoms with E-state index in [9.17, 15) is 9.59 Å². The van der Waals surface area contributed by atoms with Crippen LogP contribution < -0.4 is 5.32 Å². The van der Waals surface area contributed by atoms with Crippen molar-refractivity contribution >= 4 is 28.9 Å². The number of aryl methyl sites for hydroxylation is 1. The lowest BCUT2D eigenvalue weighted by atomic mass is 9.93. The first-order valence-electron chi connectivity index (χ1n) is 11.8. The van der Waals surface area contributed by atoms with Crippen molar-refractivity contribution in [1.82, 2.24) is 29.7 Å². The van der Waals surface area contributed by atoms with E-state index >= 15 is 0 Å². The standard InChI is InChI=1S/C25H29ClN6O3/c1-15-4-18(26)6-21(20(15)7-19-9-27-8-16(2)35-19)25-22-5-17(11-32(22)29-14-28-25)10-31-23(33)12-30(3)13-24(31)34/h4-6,11,14,16,19,27H,7-10,12-13H2,1-3H3/t16-,19?/m0/s1. The van der Waals surface area contributed by atoms with Crippen molar-refractivity contribution in [3.8, 4) is 11.3 Å². The molecule has 5 rings (SSSR count). The number of fused-ring (bicyclic) bond motifs is 1. The van der Waals surface area contributed by atoms with Crippen molar-refractivity contribution in [3.05, 3.63) is 52.4 Å². The van der Waals surface area contributed by atoms with Gasteiger partial charge in [-0.1, -0.05) is 11.6 Å². The van der Waals surface area contributed by atoms with Crippen molar-refractivity contribution in [2.75, 3.05) is 33.2 Å². The molecule has 4 heterocycles. The Morgan fingerprint density at radius 3 is 2.69 bits per heavy atom. The fourth-order valence-corrected chi connectivity index (χ4v) is 5.21. The minimum Gasteiger partial charge on any atom is -0.372 e. The van der Waals surface area contributed by atoms with E-state index in [-0.39, 0.29) is 43.7 Å². The molecule has 0 saturated carbocycles. The number of benzene rings is 1. The molecule has 3 aromatic rings. The Kier molecular flexibility index (Phi) is 6.59. The Morgan fingerprint density at radius 2 is 1.94 bits per heavy atom. The lowest BCUT2D eigenvalue weighted by Crippen LogP contribution is -2.52. The van der Waals surface area contributed by atoms with Crippen molar-refractivity contribution in [2.45, 2.75) is 39.0 Å². The molecule has 2 fully saturated rings. The van der Waals surface area contributed by atoms with Crippen LogP contribution in [0.15, 0.2) is 30.7 Å². The Bertz CT molecular complexity index is 1270. The number of nitrogens with one attached hydrogen (secondary N) is 1. The first kappa shape index (κ1) is 23.9. The predicted octanol–water partition coefficient (Wildman–Crippen LogP) is 2.08. The van der Waals surface area contributed by atoms with Crippen LogP contribution in [0.1, 0.15) is 23.6 Å². The first-order chi connectivity index (χ1) is 16.8. The molecule has 9 nitrogen and oxygen atoms in total. The summed E-state index contributed by atoms with van der Waals surface area (Å²) in [5.41, 5.74) is 5.48. The highest BCUT2D eigenvalue weighted by atomic mass is 35.5. The number of morpholine rings is 1. The normalized spacial score (nSPS) is 21.8. The summed E-state index contributed by atoms with van der Waals surface area (Å²) in [6, 6.07) is 5.84. The lowest BCUT2D eigenvalue weighted by Gasteiger charge is -2.30. The summed E-state index contributed by atoms with van der Waals surface area (Å²) in [6.45, 7) is 6.42. The second kappa shape index (κ2) is 9.66. The predicted molar refractivity (Wildman–Crippen MR) is 132 cm³/mol. The van der Waals surface area contributed by atoms with E-state index in [1.54, 1.807) is 16.5 Å². The minimum absolute atomic E-state index is 0.0480. The maximum atomic E-state index is 12.5. The number of carbonyl (C=O) groups is 2. The molecule has 2 aliphatic rings. The van der Waals surface area contributed by atoms with Gasteiger partial charge < -0.3 is 10.1 Å². The van der Waals surface area contributed by atoms with Crippen molar-refractivity contribution < 1.29 is 14.3 Å². The zero-order valence-electron chi connectivity index (χ0n) is 20.1. The van der Waals surface area contributed by atoms with Gasteiger partial charge in [-0.15, -0.1) is 0 Å². The molecule has 1 unspecified atom stereocenters. The molecule has 0 bridgehead atoms. The summed E-state index contributed by atoms with van der Waals surface area (Å²) >= 11 is 6.49. The highest BCUT2D eigenvalue weighted by Crippen LogP contribution is 2.33. The monoisotopic (exact) mass is 496 g/mol. The second-order valence-corrected chi connectivity index (χ2v) is 9.95. The molecule has 2 amide bonds. The van der Waals surface area contributed by atoms with Crippen molar-refractivity contribution in [2.24, 2.45) is 0 Å². The molecule has 0 aliphatic carbocycles. The van der Waals surface area contributed by atoms with Gasteiger partial charge in [-0.3, -0.25) is 19.4 Å². The number of rotatable bonds is 5. The number of aromatic nitrogens is 3. The summed E-state index contributed by atoms with van der Waals surface area (Å²) < 4.78 is 7.90. The summed E-state index contributed by atoms with van der Waals surface area (Å²) in [7, 11) is 1.77. The fraction of sp³-hybridized carbons (Fsp3) is 0.440. The molecule has 2 atom stereocenters. The van der Waals surface area contributed by atoms with E-state index in [0.29, 0.717) is 5.02 Å². The zero-order chi connectivity index (χ0) is 24.7. The molecular weight excluding hydrogens is 468 g/mol. The van der Waals surface area contributed by atoms with Crippen LogP contribution in [0.2, 0.25) is 5.02 Å². The number of hydrogen-bond donors (Lipinski definition) is 1. The maximum Gasteiger partial charge on any atom is 0.243 e. The number of carbonyl (C=O) groups excluding carboxylic acids is 2. The summed E-state index contributed by atoms with van der Waals surface area (Å²) in [4.78, 5) is 32.6. The van der Waals surface area contributed by atoms with Gasteiger partial charge in [0.1, 0.15) is 6.33 Å². The third-order valence-corrected chi connectivity index (χ3v) is 6.79. The van der Waals surface area contributed by atoms with Gasteiger partial charge >= 0.3 is 0 Å². The van der Waals surface area contributed by atoms with E-state index in [1.165, 1.54) is 11.2 Å². The van der Waals surface area contributed by atoms with Gasteiger partial charge in [0, 0.05) is 36.3 Å². The third-order valence-electron chi connectivity index (χ3n) is 6.57. The quantitative estimate of drug-likeness (QED) is 0.541. The lowest BCUT2D eigenvalue weighted by molar-refractivity contribution is -0.151. The van der Waals surface area contributed by atoms with E-state index in [4.69, 9.17) is 16.3 Å². The van der Waals surface area contributed by atoms with Gasteiger partial charge in [0.15, 0.2) is 0 Å². The Morgan fingerprint density at radius 1 is 1.17 bits per heavy atom. The first-order valence-corrected chi connectivity index (χ1v) is 12.2. The third kappa shape index (κ3) is 4.95. The van der Waals surface area contributed by atoms with Crippen molar-refractivity contribution in [3.63, 3.8) is 0 Å². The molecule has 1 aromatic carbocycles. The van der Waals surface area contributed by atoms with Crippen LogP contribution in [-0.4, -0.2) is 81.6 Å². The number of piperazine rings is 1. The summed E-state index contributed by atoms with van der Waals surface area (Å²) in [5.74, 6) is -0.401. The van der Waals surface area contributed by atoms with Gasteiger partial charge in [-0.25, -0.2) is 9.50 Å². The summed E-state index contributed by atoms with van der Waals surface area (Å²) in [6.07, 6.45) is 4.28. The Labute approximate surface area is 209 Å². The largest absolute Gasteiger partial charge is 0.372 e. The van der Waals surface area contributed by atoms with Gasteiger partial charge in [0.2, 0.25) is 11.8 Å². The van der Waals surface area contributed by atoms with E-state index in [1.807, 2.05) is 24.4 Å². The number of ether oxygens (including phenoxy) is 1. The number of nitrogens with zero attached hydrogens (tertiary/aromatic N) is 5. The molecule has 2 aromatic heterocycles. The van der Waals surface area contributed by atoms with Crippen LogP contribution in [-0.2, 0) is 27.3 Å². The molecule has 1 N–H and O–H groups in total. The van der Waals surface area contributed by atoms with Crippen molar-refractivity contribution in [1.29, 1.82) is 0 Å². The van der Waals surface area contributed by atoms with E-state index < -0.39 is 0 Å². The van der Waals surface area contributed by atoms with E-state index in [2.05, 4.69) is 29.2 Å². The van der Waals surface area contributed by atoms with Gasteiger partial charge in [0.05, 0.1) is 43.1 Å². The van der Waals surface area contributed by atoms with Crippen LogP contribution in [0.5, 0.6) is 0 Å². The SMILES string of the molecule is Cc1cc(Cl)cc(-c2ncnn3cc(CN4C(=O)CN(C)CC4=O)cc23)c1CC1CNC[C@H](C)O1. The van der Waals surface area contributed by atoms with Crippen LogP contribution in [0, 0.1) is 6.92 Å². The van der Waals surface area contributed by atoms with Gasteiger partial charge in [-0.2, -0.15) is 5.10 Å². The number of amides is 2. The van der Waals surface area contributed by atoms with Crippen LogP contribution in [0.25, 0.3) is 16.8 Å². The Hall–Kier alpha value is -2.85. The van der Waals surface area contributed by atoms with Crippen LogP contribution in [0.4, 0.5) is 0 Å². The molecule has 2 aliphatic heterocycles.